The molecule has 0 saturated heterocycles. The number of nitrogens with zero attached hydrogens (tertiary/aromatic N) is 2. The minimum absolute atomic E-state index is 0.0509. The van der Waals surface area contributed by atoms with Crippen LogP contribution in [0.2, 0.25) is 0 Å². The molecule has 1 aromatic heterocycles. The summed E-state index contributed by atoms with van der Waals surface area (Å²) in [5.74, 6) is -0.179. The van der Waals surface area contributed by atoms with Gasteiger partial charge in [0.2, 0.25) is 15.9 Å². The first kappa shape index (κ1) is 20.9. The Morgan fingerprint density at radius 1 is 1.19 bits per heavy atom. The molecule has 4 N–H and O–H groups in total. The van der Waals surface area contributed by atoms with Crippen LogP contribution < -0.4 is 15.8 Å². The number of nitriles is 1. The molecule has 1 aliphatic carbocycles. The summed E-state index contributed by atoms with van der Waals surface area (Å²) >= 11 is 0. The number of benzene rings is 1. The molecule has 0 spiro atoms. The van der Waals surface area contributed by atoms with Crippen LogP contribution in [0.25, 0.3) is 0 Å². The van der Waals surface area contributed by atoms with E-state index < -0.39 is 15.9 Å². The molecule has 0 amide bonds. The first-order chi connectivity index (χ1) is 14.5. The number of sulfonamides is 1. The molecule has 0 fully saturated rings. The number of carbonyl (C=O) groups excluding carboxylic acids is 1. The lowest BCUT2D eigenvalue weighted by Gasteiger charge is -2.42. The van der Waals surface area contributed by atoms with E-state index in [2.05, 4.69) is 6.07 Å². The summed E-state index contributed by atoms with van der Waals surface area (Å²) in [6.45, 7) is 4.01. The van der Waals surface area contributed by atoms with Crippen molar-refractivity contribution in [3.8, 4) is 6.07 Å². The van der Waals surface area contributed by atoms with Gasteiger partial charge >= 0.3 is 0 Å². The molecule has 31 heavy (non-hydrogen) atoms. The number of hydrogen-bond donors (Lipinski definition) is 2. The van der Waals surface area contributed by atoms with Crippen LogP contribution in [0, 0.1) is 16.7 Å². The van der Waals surface area contributed by atoms with Crippen molar-refractivity contribution >= 4 is 21.7 Å². The molecule has 2 aromatic rings. The van der Waals surface area contributed by atoms with E-state index in [1.165, 1.54) is 18.4 Å². The van der Waals surface area contributed by atoms with Gasteiger partial charge in [-0.25, -0.2) is 13.6 Å². The molecule has 0 radical (unpaired) electrons. The molecular weight excluding hydrogens is 416 g/mol. The molecule has 160 valence electrons. The van der Waals surface area contributed by atoms with Crippen LogP contribution in [-0.4, -0.2) is 14.2 Å². The smallest absolute Gasteiger partial charge is 0.238 e. The predicted molar refractivity (Wildman–Crippen MR) is 114 cm³/mol. The quantitative estimate of drug-likeness (QED) is 0.750. The molecule has 1 aromatic carbocycles. The van der Waals surface area contributed by atoms with E-state index in [1.54, 1.807) is 29.2 Å². The fraction of sp³-hybridized carbons (Fsp3) is 0.273. The number of allylic oxidation sites excluding steroid dienone is 3. The van der Waals surface area contributed by atoms with Gasteiger partial charge in [0, 0.05) is 23.8 Å². The molecule has 8 nitrogen and oxygen atoms in total. The third-order valence-electron chi connectivity index (χ3n) is 5.65. The van der Waals surface area contributed by atoms with Crippen LogP contribution in [0.1, 0.15) is 38.2 Å². The summed E-state index contributed by atoms with van der Waals surface area (Å²) < 4.78 is 28.8. The molecule has 1 atom stereocenters. The van der Waals surface area contributed by atoms with Crippen LogP contribution in [0.4, 0.5) is 5.88 Å². The van der Waals surface area contributed by atoms with Crippen LogP contribution in [0.3, 0.4) is 0 Å². The van der Waals surface area contributed by atoms with E-state index in [0.717, 1.165) is 0 Å². The van der Waals surface area contributed by atoms with Crippen LogP contribution in [0.5, 0.6) is 0 Å². The van der Waals surface area contributed by atoms with Gasteiger partial charge in [-0.05, 0) is 35.6 Å². The van der Waals surface area contributed by atoms with Crippen molar-refractivity contribution < 1.29 is 17.6 Å². The van der Waals surface area contributed by atoms with E-state index in [-0.39, 0.29) is 27.5 Å². The number of nitrogens with two attached hydrogens (primary N) is 2. The molecule has 4 rings (SSSR count). The van der Waals surface area contributed by atoms with E-state index in [0.29, 0.717) is 35.6 Å². The zero-order chi connectivity index (χ0) is 22.6. The Kier molecular flexibility index (Phi) is 4.80. The first-order valence-electron chi connectivity index (χ1n) is 9.66. The fourth-order valence-corrected chi connectivity index (χ4v) is 4.86. The standard InChI is InChI=1S/C22H22N4O4S/c1-22(2)10-16-20(17(27)11-22)19(13-5-7-14(8-6-13)31(25,28)29)15(12-23)21(24)26(16)18-4-3-9-30-18/h3-9,19H,10-11,24H2,1-2H3,(H2,25,28,29). The van der Waals surface area contributed by atoms with Gasteiger partial charge in [0.25, 0.3) is 0 Å². The number of primary sulfonamides is 1. The minimum atomic E-state index is -3.87. The number of anilines is 1. The largest absolute Gasteiger partial charge is 0.448 e. The molecule has 0 bridgehead atoms. The Balaban J connectivity index is 1.95. The second kappa shape index (κ2) is 7.11. The lowest BCUT2D eigenvalue weighted by molar-refractivity contribution is -0.118. The summed E-state index contributed by atoms with van der Waals surface area (Å²) in [7, 11) is -3.87. The average molecular weight is 439 g/mol. The molecule has 0 saturated carbocycles. The monoisotopic (exact) mass is 438 g/mol. The molecular formula is C22H22N4O4S. The van der Waals surface area contributed by atoms with Gasteiger partial charge in [0.05, 0.1) is 28.7 Å². The van der Waals surface area contributed by atoms with Gasteiger partial charge in [-0.3, -0.25) is 9.69 Å². The Morgan fingerprint density at radius 3 is 2.42 bits per heavy atom. The Morgan fingerprint density at radius 2 is 1.87 bits per heavy atom. The number of rotatable bonds is 3. The fourth-order valence-electron chi connectivity index (χ4n) is 4.34. The lowest BCUT2D eigenvalue weighted by Crippen LogP contribution is -2.42. The van der Waals surface area contributed by atoms with Crippen molar-refractivity contribution in [1.29, 1.82) is 5.26 Å². The van der Waals surface area contributed by atoms with Crippen LogP contribution in [0.15, 0.2) is 74.6 Å². The maximum Gasteiger partial charge on any atom is 0.238 e. The maximum atomic E-state index is 13.3. The van der Waals surface area contributed by atoms with Gasteiger partial charge in [-0.15, -0.1) is 0 Å². The van der Waals surface area contributed by atoms with Gasteiger partial charge < -0.3 is 10.2 Å². The summed E-state index contributed by atoms with van der Waals surface area (Å²) in [5.41, 5.74) is 8.11. The second-order valence-electron chi connectivity index (χ2n) is 8.55. The van der Waals surface area contributed by atoms with E-state index in [9.17, 15) is 18.5 Å². The SMILES string of the molecule is CC1(C)CC(=O)C2=C(C1)N(c1ccco1)C(N)=C(C#N)C2c1ccc(S(N)(=O)=O)cc1. The Hall–Kier alpha value is -3.35. The number of carbonyl (C=O) groups is 1. The summed E-state index contributed by atoms with van der Waals surface area (Å²) in [6.07, 6.45) is 2.38. The second-order valence-corrected chi connectivity index (χ2v) is 10.1. The van der Waals surface area contributed by atoms with Gasteiger partial charge in [-0.2, -0.15) is 5.26 Å². The van der Waals surface area contributed by atoms with Gasteiger partial charge in [-0.1, -0.05) is 26.0 Å². The lowest BCUT2D eigenvalue weighted by atomic mass is 9.68. The molecule has 2 aliphatic rings. The van der Waals surface area contributed by atoms with Crippen molar-refractivity contribution in [2.24, 2.45) is 16.3 Å². The highest BCUT2D eigenvalue weighted by Crippen LogP contribution is 2.50. The number of hydrogen-bond acceptors (Lipinski definition) is 7. The maximum absolute atomic E-state index is 13.3. The van der Waals surface area contributed by atoms with Gasteiger partial charge in [0.1, 0.15) is 5.82 Å². The zero-order valence-electron chi connectivity index (χ0n) is 17.1. The summed E-state index contributed by atoms with van der Waals surface area (Å²) in [4.78, 5) is 14.9. The van der Waals surface area contributed by atoms with E-state index in [4.69, 9.17) is 15.3 Å². The number of ketones is 1. The average Bonchev–Trinajstić information content (AvgIpc) is 3.19. The molecule has 1 aliphatic heterocycles. The highest BCUT2D eigenvalue weighted by molar-refractivity contribution is 7.89. The van der Waals surface area contributed by atoms with Crippen molar-refractivity contribution in [3.63, 3.8) is 0 Å². The number of Topliss-reactive ketones (excluding diaryl/α,β-unsaturated/α-hetero) is 1. The van der Waals surface area contributed by atoms with E-state index in [1.807, 2.05) is 13.8 Å². The summed E-state index contributed by atoms with van der Waals surface area (Å²) in [6, 6.07) is 11.5. The zero-order valence-corrected chi connectivity index (χ0v) is 17.9. The third kappa shape index (κ3) is 3.54. The van der Waals surface area contributed by atoms with Crippen molar-refractivity contribution in [2.75, 3.05) is 4.90 Å². The van der Waals surface area contributed by atoms with Crippen molar-refractivity contribution in [1.82, 2.24) is 0 Å². The highest BCUT2D eigenvalue weighted by atomic mass is 32.2. The third-order valence-corrected chi connectivity index (χ3v) is 6.58. The van der Waals surface area contributed by atoms with E-state index >= 15 is 0 Å². The molecule has 1 unspecified atom stereocenters. The summed E-state index contributed by atoms with van der Waals surface area (Å²) in [5, 5.41) is 15.2. The molecule has 2 heterocycles. The van der Waals surface area contributed by atoms with Crippen molar-refractivity contribution in [2.45, 2.75) is 37.5 Å². The number of furan rings is 1. The van der Waals surface area contributed by atoms with Gasteiger partial charge in [0.15, 0.2) is 5.78 Å². The normalized spacial score (nSPS) is 21.2. The predicted octanol–water partition coefficient (Wildman–Crippen LogP) is 2.87. The van der Waals surface area contributed by atoms with Crippen LogP contribution >= 0.6 is 0 Å². The Bertz CT molecular complexity index is 1260. The first-order valence-corrected chi connectivity index (χ1v) is 11.2. The highest BCUT2D eigenvalue weighted by Gasteiger charge is 2.45. The molecule has 9 heteroatoms. The topological polar surface area (TPSA) is 143 Å². The van der Waals surface area contributed by atoms with Crippen molar-refractivity contribution in [3.05, 3.63) is 70.9 Å². The van der Waals surface area contributed by atoms with Crippen LogP contribution in [-0.2, 0) is 14.8 Å². The Labute approximate surface area is 180 Å². The minimum Gasteiger partial charge on any atom is -0.448 e.